The van der Waals surface area contributed by atoms with Crippen LogP contribution in [0.25, 0.3) is 0 Å². The smallest absolute Gasteiger partial charge is 0.252 e. The van der Waals surface area contributed by atoms with Gasteiger partial charge in [-0.1, -0.05) is 37.3 Å². The molecule has 1 unspecified atom stereocenters. The van der Waals surface area contributed by atoms with E-state index in [1.165, 1.54) is 18.2 Å². The van der Waals surface area contributed by atoms with Crippen LogP contribution >= 0.6 is 0 Å². The molecule has 1 atom stereocenters. The molecule has 2 rings (SSSR count). The molecule has 3 heteroatoms. The van der Waals surface area contributed by atoms with Crippen LogP contribution in [-0.4, -0.2) is 5.91 Å². The number of rotatable bonds is 4. The number of amides is 1. The summed E-state index contributed by atoms with van der Waals surface area (Å²) in [6.07, 6.45) is 0.802. The van der Waals surface area contributed by atoms with Crippen molar-refractivity contribution < 1.29 is 9.18 Å². The van der Waals surface area contributed by atoms with Gasteiger partial charge in [-0.15, -0.1) is 0 Å². The lowest BCUT2D eigenvalue weighted by Crippen LogP contribution is -2.28. The van der Waals surface area contributed by atoms with Crippen LogP contribution in [0.4, 0.5) is 4.39 Å². The summed E-state index contributed by atoms with van der Waals surface area (Å²) >= 11 is 0. The zero-order chi connectivity index (χ0) is 14.5. The van der Waals surface area contributed by atoms with Gasteiger partial charge in [-0.2, -0.15) is 0 Å². The molecule has 0 radical (unpaired) electrons. The Labute approximate surface area is 118 Å². The number of nitrogens with one attached hydrogen (secondary N) is 1. The number of hydrogen-bond donors (Lipinski definition) is 1. The third-order valence-electron chi connectivity index (χ3n) is 3.35. The van der Waals surface area contributed by atoms with Gasteiger partial charge in [0, 0.05) is 5.56 Å². The van der Waals surface area contributed by atoms with Crippen molar-refractivity contribution in [1.82, 2.24) is 5.32 Å². The number of benzene rings is 2. The summed E-state index contributed by atoms with van der Waals surface area (Å²) in [5, 5.41) is 3.00. The SMILES string of the molecule is CCC(NC(=O)c1ccc(F)cc1C)c1ccccc1. The van der Waals surface area contributed by atoms with Gasteiger partial charge in [0.2, 0.25) is 0 Å². The van der Waals surface area contributed by atoms with E-state index in [2.05, 4.69) is 5.32 Å². The standard InChI is InChI=1S/C17H18FNO/c1-3-16(13-7-5-4-6-8-13)19-17(20)15-10-9-14(18)11-12(15)2/h4-11,16H,3H2,1-2H3,(H,19,20). The number of hydrogen-bond acceptors (Lipinski definition) is 1. The second kappa shape index (κ2) is 6.33. The lowest BCUT2D eigenvalue weighted by Gasteiger charge is -2.18. The zero-order valence-corrected chi connectivity index (χ0v) is 11.7. The maximum Gasteiger partial charge on any atom is 0.252 e. The molecule has 0 aliphatic heterocycles. The van der Waals surface area contributed by atoms with Crippen LogP contribution in [0.5, 0.6) is 0 Å². The van der Waals surface area contributed by atoms with Gasteiger partial charge < -0.3 is 5.32 Å². The quantitative estimate of drug-likeness (QED) is 0.894. The first-order chi connectivity index (χ1) is 9.61. The van der Waals surface area contributed by atoms with Crippen molar-refractivity contribution in [1.29, 1.82) is 0 Å². The van der Waals surface area contributed by atoms with Crippen molar-refractivity contribution >= 4 is 5.91 Å². The van der Waals surface area contributed by atoms with E-state index in [-0.39, 0.29) is 17.8 Å². The highest BCUT2D eigenvalue weighted by Gasteiger charge is 2.15. The Kier molecular flexibility index (Phi) is 4.51. The Bertz CT molecular complexity index is 595. The summed E-state index contributed by atoms with van der Waals surface area (Å²) in [5.74, 6) is -0.493. The van der Waals surface area contributed by atoms with Crippen molar-refractivity contribution in [3.63, 3.8) is 0 Å². The number of carbonyl (C=O) groups excluding carboxylic acids is 1. The molecule has 2 aromatic rings. The Morgan fingerprint density at radius 2 is 1.90 bits per heavy atom. The molecule has 0 aliphatic carbocycles. The minimum Gasteiger partial charge on any atom is -0.345 e. The van der Waals surface area contributed by atoms with Gasteiger partial charge in [-0.05, 0) is 42.7 Å². The first-order valence-electron chi connectivity index (χ1n) is 6.73. The Morgan fingerprint density at radius 3 is 2.50 bits per heavy atom. The molecule has 20 heavy (non-hydrogen) atoms. The molecule has 0 heterocycles. The summed E-state index contributed by atoms with van der Waals surface area (Å²) in [4.78, 5) is 12.3. The maximum atomic E-state index is 13.1. The largest absolute Gasteiger partial charge is 0.345 e. The summed E-state index contributed by atoms with van der Waals surface area (Å²) in [7, 11) is 0. The molecule has 1 N–H and O–H groups in total. The van der Waals surface area contributed by atoms with E-state index in [0.717, 1.165) is 12.0 Å². The van der Waals surface area contributed by atoms with Crippen molar-refractivity contribution in [3.8, 4) is 0 Å². The predicted molar refractivity (Wildman–Crippen MR) is 78.1 cm³/mol. The van der Waals surface area contributed by atoms with Gasteiger partial charge in [0.25, 0.3) is 5.91 Å². The number of halogens is 1. The van der Waals surface area contributed by atoms with E-state index in [1.807, 2.05) is 37.3 Å². The number of aryl methyl sites for hydroxylation is 1. The van der Waals surface area contributed by atoms with Crippen LogP contribution in [0, 0.1) is 12.7 Å². The molecule has 104 valence electrons. The van der Waals surface area contributed by atoms with E-state index in [0.29, 0.717) is 11.1 Å². The maximum absolute atomic E-state index is 13.1. The van der Waals surface area contributed by atoms with E-state index < -0.39 is 0 Å². The number of carbonyl (C=O) groups is 1. The molecule has 0 bridgehead atoms. The fraction of sp³-hybridized carbons (Fsp3) is 0.235. The van der Waals surface area contributed by atoms with Crippen LogP contribution in [0.3, 0.4) is 0 Å². The second-order valence-corrected chi connectivity index (χ2v) is 4.80. The third kappa shape index (κ3) is 3.23. The molecule has 0 spiro atoms. The molecular weight excluding hydrogens is 253 g/mol. The molecule has 0 fully saturated rings. The summed E-state index contributed by atoms with van der Waals surface area (Å²) in [6, 6.07) is 14.0. The van der Waals surface area contributed by atoms with Crippen LogP contribution in [0.1, 0.15) is 40.9 Å². The lowest BCUT2D eigenvalue weighted by molar-refractivity contribution is 0.0935. The van der Waals surface area contributed by atoms with Gasteiger partial charge in [0.1, 0.15) is 5.82 Å². The molecule has 0 saturated carbocycles. The van der Waals surface area contributed by atoms with Gasteiger partial charge in [-0.25, -0.2) is 4.39 Å². The first kappa shape index (κ1) is 14.3. The van der Waals surface area contributed by atoms with Gasteiger partial charge >= 0.3 is 0 Å². The normalized spacial score (nSPS) is 11.9. The van der Waals surface area contributed by atoms with Crippen LogP contribution in [0.15, 0.2) is 48.5 Å². The van der Waals surface area contributed by atoms with Gasteiger partial charge in [0.05, 0.1) is 6.04 Å². The summed E-state index contributed by atoms with van der Waals surface area (Å²) < 4.78 is 13.1. The Hall–Kier alpha value is -2.16. The Balaban J connectivity index is 2.17. The van der Waals surface area contributed by atoms with E-state index in [1.54, 1.807) is 6.92 Å². The van der Waals surface area contributed by atoms with Crippen molar-refractivity contribution in [3.05, 3.63) is 71.0 Å². The fourth-order valence-corrected chi connectivity index (χ4v) is 2.22. The van der Waals surface area contributed by atoms with Crippen LogP contribution in [0.2, 0.25) is 0 Å². The van der Waals surface area contributed by atoms with E-state index >= 15 is 0 Å². The summed E-state index contributed by atoms with van der Waals surface area (Å²) in [5.41, 5.74) is 2.23. The third-order valence-corrected chi connectivity index (χ3v) is 3.35. The predicted octanol–water partition coefficient (Wildman–Crippen LogP) is 4.02. The van der Waals surface area contributed by atoms with Crippen LogP contribution < -0.4 is 5.32 Å². The van der Waals surface area contributed by atoms with E-state index in [4.69, 9.17) is 0 Å². The highest BCUT2D eigenvalue weighted by molar-refractivity contribution is 5.95. The molecule has 2 aromatic carbocycles. The highest BCUT2D eigenvalue weighted by Crippen LogP contribution is 2.18. The molecule has 1 amide bonds. The minimum atomic E-state index is -0.325. The highest BCUT2D eigenvalue weighted by atomic mass is 19.1. The lowest BCUT2D eigenvalue weighted by atomic mass is 10.0. The second-order valence-electron chi connectivity index (χ2n) is 4.80. The summed E-state index contributed by atoms with van der Waals surface area (Å²) in [6.45, 7) is 3.76. The molecule has 0 aliphatic rings. The monoisotopic (exact) mass is 271 g/mol. The molecular formula is C17H18FNO. The Morgan fingerprint density at radius 1 is 1.20 bits per heavy atom. The van der Waals surface area contributed by atoms with Crippen LogP contribution in [-0.2, 0) is 0 Å². The molecule has 0 aromatic heterocycles. The topological polar surface area (TPSA) is 29.1 Å². The van der Waals surface area contributed by atoms with E-state index in [9.17, 15) is 9.18 Å². The first-order valence-corrected chi connectivity index (χ1v) is 6.73. The molecule has 0 saturated heterocycles. The fourth-order valence-electron chi connectivity index (χ4n) is 2.22. The van der Waals surface area contributed by atoms with Crippen molar-refractivity contribution in [2.24, 2.45) is 0 Å². The average molecular weight is 271 g/mol. The van der Waals surface area contributed by atoms with Gasteiger partial charge in [0.15, 0.2) is 0 Å². The molecule has 2 nitrogen and oxygen atoms in total. The van der Waals surface area contributed by atoms with Crippen molar-refractivity contribution in [2.45, 2.75) is 26.3 Å². The van der Waals surface area contributed by atoms with Crippen molar-refractivity contribution in [2.75, 3.05) is 0 Å². The average Bonchev–Trinajstić information content (AvgIpc) is 2.45. The van der Waals surface area contributed by atoms with Gasteiger partial charge in [-0.3, -0.25) is 4.79 Å². The minimum absolute atomic E-state index is 0.0341. The zero-order valence-electron chi connectivity index (χ0n) is 11.7.